The first kappa shape index (κ1) is 41.0. The van der Waals surface area contributed by atoms with Gasteiger partial charge in [0.25, 0.3) is 0 Å². The fourth-order valence-corrected chi connectivity index (χ4v) is 13.1. The lowest BCUT2D eigenvalue weighted by Gasteiger charge is -2.27. The van der Waals surface area contributed by atoms with Crippen molar-refractivity contribution in [2.24, 2.45) is 11.8 Å². The van der Waals surface area contributed by atoms with Crippen LogP contribution >= 0.6 is 0 Å². The van der Waals surface area contributed by atoms with Crippen molar-refractivity contribution in [1.29, 1.82) is 0 Å². The van der Waals surface area contributed by atoms with E-state index < -0.39 is 0 Å². The van der Waals surface area contributed by atoms with Crippen LogP contribution in [0, 0.1) is 11.8 Å². The molecule has 2 saturated carbocycles. The van der Waals surface area contributed by atoms with Crippen LogP contribution in [0.15, 0.2) is 206 Å². The lowest BCUT2D eigenvalue weighted by molar-refractivity contribution is 0.420. The first-order chi connectivity index (χ1) is 33.2. The molecule has 9 aromatic carbocycles. The lowest BCUT2D eigenvalue weighted by atomic mass is 9.81. The van der Waals surface area contributed by atoms with Crippen LogP contribution in [-0.2, 0) is 10.8 Å². The number of benzene rings is 9. The predicted octanol–water partition coefficient (Wildman–Crippen LogP) is 18.3. The maximum atomic E-state index is 2.44. The van der Waals surface area contributed by atoms with E-state index in [2.05, 4.69) is 239 Å². The van der Waals surface area contributed by atoms with Gasteiger partial charge in [-0.2, -0.15) is 0 Å². The normalized spacial score (nSPS) is 18.7. The number of hydrogen-bond donors (Lipinski definition) is 0. The molecule has 3 unspecified atom stereocenters. The van der Waals surface area contributed by atoms with Crippen molar-refractivity contribution in [3.8, 4) is 66.8 Å². The van der Waals surface area contributed by atoms with Crippen LogP contribution in [0.4, 0.5) is 17.1 Å². The van der Waals surface area contributed by atoms with Gasteiger partial charge in [0.15, 0.2) is 0 Å². The summed E-state index contributed by atoms with van der Waals surface area (Å²) in [5.74, 6) is 2.50. The molecule has 4 aliphatic rings. The third-order valence-corrected chi connectivity index (χ3v) is 16.8. The molecule has 0 saturated heterocycles. The third kappa shape index (κ3) is 6.65. The van der Waals surface area contributed by atoms with E-state index in [0.717, 1.165) is 23.2 Å². The molecule has 0 heterocycles. The Labute approximate surface area is 402 Å². The zero-order chi connectivity index (χ0) is 45.7. The van der Waals surface area contributed by atoms with Gasteiger partial charge in [0.1, 0.15) is 0 Å². The van der Waals surface area contributed by atoms with Gasteiger partial charge < -0.3 is 4.90 Å². The fourth-order valence-electron chi connectivity index (χ4n) is 13.1. The second-order valence-corrected chi connectivity index (χ2v) is 21.3. The first-order valence-corrected chi connectivity index (χ1v) is 25.0. The molecule has 0 aliphatic heterocycles. The van der Waals surface area contributed by atoms with Crippen molar-refractivity contribution in [1.82, 2.24) is 0 Å². The van der Waals surface area contributed by atoms with Gasteiger partial charge in [-0.3, -0.25) is 0 Å². The van der Waals surface area contributed by atoms with E-state index in [-0.39, 0.29) is 10.8 Å². The van der Waals surface area contributed by atoms with Gasteiger partial charge >= 0.3 is 0 Å². The van der Waals surface area contributed by atoms with Crippen LogP contribution in [0.2, 0.25) is 0 Å². The Morgan fingerprint density at radius 1 is 0.338 bits per heavy atom. The highest BCUT2D eigenvalue weighted by atomic mass is 15.1. The Morgan fingerprint density at radius 2 is 0.735 bits per heavy atom. The van der Waals surface area contributed by atoms with Gasteiger partial charge in [0, 0.05) is 27.9 Å². The standard InChI is InChI=1S/C67H57N/c1-66(2)62-35-25-49(39-60(62)57-33-23-51(41-64(57)66)44-11-7-5-8-12-44)46-17-27-54(28-18-46)68(56-31-21-48(22-32-56)59-38-43-15-16-53(59)37-43)55-29-19-47(20-30-55)50-26-36-63-61(40-50)58-34-24-52(42-65(58)67(63,3)4)45-13-9-6-10-14-45/h5-14,17-36,39-43,53,59H,15-16,37-38H2,1-4H3. The smallest absolute Gasteiger partial charge is 0.0462 e. The van der Waals surface area contributed by atoms with Crippen molar-refractivity contribution in [3.05, 3.63) is 234 Å². The number of rotatable bonds is 8. The summed E-state index contributed by atoms with van der Waals surface area (Å²) in [6.07, 6.45) is 5.61. The Bertz CT molecular complexity index is 3180. The van der Waals surface area contributed by atoms with E-state index in [0.29, 0.717) is 5.92 Å². The molecule has 13 rings (SSSR count). The molecule has 330 valence electrons. The molecular weight excluding hydrogens is 819 g/mol. The molecule has 1 nitrogen and oxygen atoms in total. The maximum absolute atomic E-state index is 2.44. The van der Waals surface area contributed by atoms with E-state index in [1.165, 1.54) is 126 Å². The largest absolute Gasteiger partial charge is 0.311 e. The molecule has 0 N–H and O–H groups in total. The number of hydrogen-bond acceptors (Lipinski definition) is 1. The summed E-state index contributed by atoms with van der Waals surface area (Å²) < 4.78 is 0. The number of anilines is 3. The van der Waals surface area contributed by atoms with Crippen molar-refractivity contribution in [3.63, 3.8) is 0 Å². The summed E-state index contributed by atoms with van der Waals surface area (Å²) in [5, 5.41) is 0. The SMILES string of the molecule is CC1(C)c2ccc(-c3ccc(N(c4ccc(-c5ccc6c(c5)-c5ccc(-c7ccccc7)cc5C6(C)C)cc4)c4ccc(C5CC6CCC5C6)cc4)cc3)cc2-c2ccc(-c3ccccc3)cc21. The maximum Gasteiger partial charge on any atom is 0.0462 e. The van der Waals surface area contributed by atoms with Gasteiger partial charge in [-0.1, -0.05) is 180 Å². The van der Waals surface area contributed by atoms with E-state index in [1.54, 1.807) is 0 Å². The van der Waals surface area contributed by atoms with E-state index in [4.69, 9.17) is 0 Å². The van der Waals surface area contributed by atoms with Gasteiger partial charge in [0.2, 0.25) is 0 Å². The summed E-state index contributed by atoms with van der Waals surface area (Å²) in [5.41, 5.74) is 25.9. The number of fused-ring (bicyclic) bond motifs is 8. The number of nitrogens with zero attached hydrogens (tertiary/aromatic N) is 1. The summed E-state index contributed by atoms with van der Waals surface area (Å²) in [6.45, 7) is 9.50. The molecule has 4 aliphatic carbocycles. The predicted molar refractivity (Wildman–Crippen MR) is 286 cm³/mol. The summed E-state index contributed by atoms with van der Waals surface area (Å²) in [6, 6.07) is 77.9. The minimum Gasteiger partial charge on any atom is -0.311 e. The van der Waals surface area contributed by atoms with Gasteiger partial charge in [-0.05, 0) is 192 Å². The van der Waals surface area contributed by atoms with Crippen molar-refractivity contribution >= 4 is 17.1 Å². The van der Waals surface area contributed by atoms with Crippen molar-refractivity contribution in [2.75, 3.05) is 4.90 Å². The zero-order valence-corrected chi connectivity index (χ0v) is 39.6. The second kappa shape index (κ2) is 15.7. The third-order valence-electron chi connectivity index (χ3n) is 16.8. The summed E-state index contributed by atoms with van der Waals surface area (Å²) in [4.78, 5) is 2.44. The average Bonchev–Trinajstić information content (AvgIpc) is 4.14. The van der Waals surface area contributed by atoms with Crippen molar-refractivity contribution in [2.45, 2.75) is 70.1 Å². The van der Waals surface area contributed by atoms with Crippen LogP contribution in [0.25, 0.3) is 66.8 Å². The lowest BCUT2D eigenvalue weighted by Crippen LogP contribution is -2.15. The monoisotopic (exact) mass is 875 g/mol. The van der Waals surface area contributed by atoms with Crippen LogP contribution in [0.1, 0.15) is 87.1 Å². The molecule has 1 heteroatoms. The van der Waals surface area contributed by atoms with Crippen LogP contribution < -0.4 is 4.90 Å². The van der Waals surface area contributed by atoms with Crippen LogP contribution in [0.5, 0.6) is 0 Å². The average molecular weight is 876 g/mol. The molecule has 0 amide bonds. The highest BCUT2D eigenvalue weighted by Gasteiger charge is 2.40. The van der Waals surface area contributed by atoms with Crippen molar-refractivity contribution < 1.29 is 0 Å². The van der Waals surface area contributed by atoms with Gasteiger partial charge in [0.05, 0.1) is 0 Å². The highest BCUT2D eigenvalue weighted by Crippen LogP contribution is 2.55. The Morgan fingerprint density at radius 3 is 1.16 bits per heavy atom. The van der Waals surface area contributed by atoms with Gasteiger partial charge in [-0.25, -0.2) is 0 Å². The summed E-state index contributed by atoms with van der Waals surface area (Å²) >= 11 is 0. The molecule has 2 bridgehead atoms. The van der Waals surface area contributed by atoms with E-state index >= 15 is 0 Å². The van der Waals surface area contributed by atoms with Crippen LogP contribution in [-0.4, -0.2) is 0 Å². The Hall–Kier alpha value is -7.22. The Kier molecular flexibility index (Phi) is 9.45. The minimum absolute atomic E-state index is 0.0725. The second-order valence-electron chi connectivity index (χ2n) is 21.3. The molecule has 0 radical (unpaired) electrons. The van der Waals surface area contributed by atoms with Crippen LogP contribution in [0.3, 0.4) is 0 Å². The topological polar surface area (TPSA) is 3.24 Å². The quantitative estimate of drug-likeness (QED) is 0.147. The van der Waals surface area contributed by atoms with E-state index in [1.807, 2.05) is 0 Å². The molecule has 0 spiro atoms. The highest BCUT2D eigenvalue weighted by molar-refractivity contribution is 5.89. The van der Waals surface area contributed by atoms with E-state index in [9.17, 15) is 0 Å². The molecule has 3 atom stereocenters. The fraction of sp³-hybridized carbons (Fsp3) is 0.194. The minimum atomic E-state index is -0.0725. The molecule has 2 fully saturated rings. The molecule has 9 aromatic rings. The van der Waals surface area contributed by atoms with Gasteiger partial charge in [-0.15, -0.1) is 0 Å². The summed E-state index contributed by atoms with van der Waals surface area (Å²) in [7, 11) is 0. The molecular formula is C67H57N. The zero-order valence-electron chi connectivity index (χ0n) is 39.6. The molecule has 0 aromatic heterocycles. The first-order valence-electron chi connectivity index (χ1n) is 25.0. The Balaban J connectivity index is 0.829. The molecule has 68 heavy (non-hydrogen) atoms.